The lowest BCUT2D eigenvalue weighted by molar-refractivity contribution is 0.0705. The van der Waals surface area contributed by atoms with Crippen LogP contribution in [0.2, 0.25) is 5.02 Å². The van der Waals surface area contributed by atoms with Crippen molar-refractivity contribution in [2.45, 2.75) is 6.42 Å². The predicted molar refractivity (Wildman–Crippen MR) is 67.2 cm³/mol. The van der Waals surface area contributed by atoms with Gasteiger partial charge in [-0.2, -0.15) is 0 Å². The molecule has 0 aliphatic heterocycles. The van der Waals surface area contributed by atoms with Crippen molar-refractivity contribution in [2.75, 3.05) is 38.8 Å². The number of benzene rings is 1. The fraction of sp³-hybridized carbons (Fsp3) is 0.500. The van der Waals surface area contributed by atoms with Crippen molar-refractivity contribution in [3.63, 3.8) is 0 Å². The molecule has 0 amide bonds. The van der Waals surface area contributed by atoms with Crippen LogP contribution in [0, 0.1) is 5.82 Å². The molecular weight excluding hydrogens is 245 g/mol. The van der Waals surface area contributed by atoms with E-state index in [0.29, 0.717) is 37.1 Å². The van der Waals surface area contributed by atoms with E-state index in [0.717, 1.165) is 6.42 Å². The SMILES string of the molecule is COCCOCCCNc1c(F)cccc1Cl. The molecule has 1 N–H and O–H groups in total. The minimum atomic E-state index is -0.335. The van der Waals surface area contributed by atoms with E-state index in [9.17, 15) is 4.39 Å². The predicted octanol–water partition coefficient (Wildman–Crippen LogP) is 2.94. The number of rotatable bonds is 8. The molecule has 0 atom stereocenters. The van der Waals surface area contributed by atoms with Gasteiger partial charge < -0.3 is 14.8 Å². The Morgan fingerprint density at radius 2 is 2.12 bits per heavy atom. The zero-order valence-electron chi connectivity index (χ0n) is 9.84. The lowest BCUT2D eigenvalue weighted by Crippen LogP contribution is -2.09. The maximum atomic E-state index is 13.3. The second kappa shape index (κ2) is 8.28. The first-order chi connectivity index (χ1) is 8.25. The van der Waals surface area contributed by atoms with Crippen LogP contribution >= 0.6 is 11.6 Å². The molecule has 3 nitrogen and oxygen atoms in total. The molecule has 1 rings (SSSR count). The average Bonchev–Trinajstić information content (AvgIpc) is 2.31. The van der Waals surface area contributed by atoms with E-state index in [1.807, 2.05) is 0 Å². The molecule has 0 saturated carbocycles. The van der Waals surface area contributed by atoms with Gasteiger partial charge >= 0.3 is 0 Å². The Kier molecular flexibility index (Phi) is 6.93. The van der Waals surface area contributed by atoms with Crippen LogP contribution in [0.3, 0.4) is 0 Å². The van der Waals surface area contributed by atoms with Gasteiger partial charge in [-0.25, -0.2) is 4.39 Å². The highest BCUT2D eigenvalue weighted by molar-refractivity contribution is 6.33. The lowest BCUT2D eigenvalue weighted by Gasteiger charge is -2.09. The Morgan fingerprint density at radius 1 is 1.29 bits per heavy atom. The van der Waals surface area contributed by atoms with Crippen LogP contribution in [-0.2, 0) is 9.47 Å². The summed E-state index contributed by atoms with van der Waals surface area (Å²) in [4.78, 5) is 0. The molecule has 0 aliphatic rings. The fourth-order valence-corrected chi connectivity index (χ4v) is 1.53. The number of anilines is 1. The number of nitrogens with one attached hydrogen (secondary N) is 1. The number of para-hydroxylation sites is 1. The van der Waals surface area contributed by atoms with Crippen LogP contribution in [0.15, 0.2) is 18.2 Å². The molecule has 0 heterocycles. The van der Waals surface area contributed by atoms with E-state index in [4.69, 9.17) is 21.1 Å². The van der Waals surface area contributed by atoms with Gasteiger partial charge in [0.05, 0.1) is 23.9 Å². The number of ether oxygens (including phenoxy) is 2. The second-order valence-corrected chi connectivity index (χ2v) is 3.89. The summed E-state index contributed by atoms with van der Waals surface area (Å²) in [5, 5.41) is 3.35. The molecule has 17 heavy (non-hydrogen) atoms. The molecular formula is C12H17ClFNO2. The highest BCUT2D eigenvalue weighted by Gasteiger charge is 2.04. The van der Waals surface area contributed by atoms with E-state index >= 15 is 0 Å². The van der Waals surface area contributed by atoms with Crippen LogP contribution in [0.4, 0.5) is 10.1 Å². The zero-order chi connectivity index (χ0) is 12.5. The molecule has 1 aromatic rings. The Balaban J connectivity index is 2.18. The molecule has 0 bridgehead atoms. The van der Waals surface area contributed by atoms with E-state index < -0.39 is 0 Å². The molecule has 0 aromatic heterocycles. The molecule has 0 spiro atoms. The van der Waals surface area contributed by atoms with Gasteiger partial charge in [0.2, 0.25) is 0 Å². The average molecular weight is 262 g/mol. The molecule has 1 aromatic carbocycles. The summed E-state index contributed by atoms with van der Waals surface area (Å²) >= 11 is 5.86. The summed E-state index contributed by atoms with van der Waals surface area (Å²) < 4.78 is 23.5. The normalized spacial score (nSPS) is 10.5. The van der Waals surface area contributed by atoms with Gasteiger partial charge in [0.15, 0.2) is 0 Å². The van der Waals surface area contributed by atoms with Crippen LogP contribution in [0.5, 0.6) is 0 Å². The van der Waals surface area contributed by atoms with Crippen LogP contribution in [0.1, 0.15) is 6.42 Å². The van der Waals surface area contributed by atoms with Gasteiger partial charge in [-0.1, -0.05) is 17.7 Å². The monoisotopic (exact) mass is 261 g/mol. The van der Waals surface area contributed by atoms with Crippen molar-refractivity contribution in [1.29, 1.82) is 0 Å². The second-order valence-electron chi connectivity index (χ2n) is 3.48. The number of hydrogen-bond donors (Lipinski definition) is 1. The summed E-state index contributed by atoms with van der Waals surface area (Å²) in [5.41, 5.74) is 0.353. The van der Waals surface area contributed by atoms with E-state index in [1.54, 1.807) is 19.2 Å². The van der Waals surface area contributed by atoms with Crippen molar-refractivity contribution >= 4 is 17.3 Å². The summed E-state index contributed by atoms with van der Waals surface area (Å²) in [6, 6.07) is 4.61. The van der Waals surface area contributed by atoms with Crippen molar-refractivity contribution in [3.05, 3.63) is 29.0 Å². The zero-order valence-corrected chi connectivity index (χ0v) is 10.6. The van der Waals surface area contributed by atoms with Gasteiger partial charge in [-0.15, -0.1) is 0 Å². The van der Waals surface area contributed by atoms with E-state index in [1.165, 1.54) is 6.07 Å². The molecule has 5 heteroatoms. The van der Waals surface area contributed by atoms with Gasteiger partial charge in [0.1, 0.15) is 5.82 Å². The topological polar surface area (TPSA) is 30.5 Å². The smallest absolute Gasteiger partial charge is 0.147 e. The third-order valence-electron chi connectivity index (χ3n) is 2.16. The van der Waals surface area contributed by atoms with Gasteiger partial charge in [-0.3, -0.25) is 0 Å². The first kappa shape index (κ1) is 14.2. The van der Waals surface area contributed by atoms with Crippen molar-refractivity contribution < 1.29 is 13.9 Å². The molecule has 0 saturated heterocycles. The first-order valence-electron chi connectivity index (χ1n) is 5.50. The summed E-state index contributed by atoms with van der Waals surface area (Å²) in [7, 11) is 1.63. The molecule has 0 aliphatic carbocycles. The minimum absolute atomic E-state index is 0.335. The third-order valence-corrected chi connectivity index (χ3v) is 2.48. The Hall–Kier alpha value is -0.840. The van der Waals surface area contributed by atoms with Crippen molar-refractivity contribution in [3.8, 4) is 0 Å². The minimum Gasteiger partial charge on any atom is -0.382 e. The largest absolute Gasteiger partial charge is 0.382 e. The van der Waals surface area contributed by atoms with Crippen LogP contribution in [0.25, 0.3) is 0 Å². The van der Waals surface area contributed by atoms with Gasteiger partial charge in [-0.05, 0) is 18.6 Å². The Labute approximate surface area is 106 Å². The van der Waals surface area contributed by atoms with Crippen molar-refractivity contribution in [2.24, 2.45) is 0 Å². The van der Waals surface area contributed by atoms with E-state index in [-0.39, 0.29) is 5.82 Å². The molecule has 0 fully saturated rings. The number of halogens is 2. The lowest BCUT2D eigenvalue weighted by atomic mass is 10.3. The fourth-order valence-electron chi connectivity index (χ4n) is 1.30. The van der Waals surface area contributed by atoms with E-state index in [2.05, 4.69) is 5.32 Å². The molecule has 96 valence electrons. The van der Waals surface area contributed by atoms with Crippen LogP contribution in [-0.4, -0.2) is 33.5 Å². The summed E-state index contributed by atoms with van der Waals surface area (Å²) in [5.74, 6) is -0.335. The standard InChI is InChI=1S/C12H17ClFNO2/c1-16-8-9-17-7-3-6-15-12-10(13)4-2-5-11(12)14/h2,4-5,15H,3,6-9H2,1H3. The maximum absolute atomic E-state index is 13.3. The number of hydrogen-bond acceptors (Lipinski definition) is 3. The molecule has 0 unspecified atom stereocenters. The van der Waals surface area contributed by atoms with Crippen molar-refractivity contribution in [1.82, 2.24) is 0 Å². The van der Waals surface area contributed by atoms with Gasteiger partial charge in [0, 0.05) is 20.3 Å². The quantitative estimate of drug-likeness (QED) is 0.730. The molecule has 0 radical (unpaired) electrons. The maximum Gasteiger partial charge on any atom is 0.147 e. The highest BCUT2D eigenvalue weighted by atomic mass is 35.5. The highest BCUT2D eigenvalue weighted by Crippen LogP contribution is 2.24. The summed E-state index contributed by atoms with van der Waals surface area (Å²) in [6.07, 6.45) is 0.786. The first-order valence-corrected chi connectivity index (χ1v) is 5.88. The Morgan fingerprint density at radius 3 is 2.82 bits per heavy atom. The Bertz CT molecular complexity index is 316. The number of methoxy groups -OCH3 is 1. The van der Waals surface area contributed by atoms with Gasteiger partial charge in [0.25, 0.3) is 0 Å². The van der Waals surface area contributed by atoms with Crippen LogP contribution < -0.4 is 5.32 Å². The summed E-state index contributed by atoms with van der Waals surface area (Å²) in [6.45, 7) is 2.40. The third kappa shape index (κ3) is 5.35.